The summed E-state index contributed by atoms with van der Waals surface area (Å²) in [5.41, 5.74) is 1.89. The van der Waals surface area contributed by atoms with Crippen LogP contribution in [0.25, 0.3) is 0 Å². The third-order valence-corrected chi connectivity index (χ3v) is 5.17. The number of thioether (sulfide) groups is 1. The Morgan fingerprint density at radius 3 is 2.54 bits per heavy atom. The number of hydrogen-bond donors (Lipinski definition) is 0. The average molecular weight is 388 g/mol. The molecule has 1 aliphatic heterocycles. The quantitative estimate of drug-likeness (QED) is 0.570. The van der Waals surface area contributed by atoms with Gasteiger partial charge in [-0.3, -0.25) is 9.69 Å². The van der Waals surface area contributed by atoms with Crippen LogP contribution >= 0.6 is 23.4 Å². The summed E-state index contributed by atoms with van der Waals surface area (Å²) in [6, 6.07) is 14.9. The Morgan fingerprint density at radius 2 is 1.88 bits per heavy atom. The number of benzene rings is 2. The number of amides is 1. The van der Waals surface area contributed by atoms with Gasteiger partial charge in [0.05, 0.1) is 25.1 Å². The zero-order valence-electron chi connectivity index (χ0n) is 14.4. The van der Waals surface area contributed by atoms with Gasteiger partial charge in [-0.15, -0.1) is 5.10 Å². The van der Waals surface area contributed by atoms with Crippen LogP contribution in [0.1, 0.15) is 18.1 Å². The maximum absolute atomic E-state index is 12.4. The number of carbonyl (C=O) groups excluding carboxylic acids is 1. The molecule has 0 spiro atoms. The van der Waals surface area contributed by atoms with E-state index in [0.717, 1.165) is 16.9 Å². The molecular formula is C19H18ClN3O2S. The summed E-state index contributed by atoms with van der Waals surface area (Å²) in [7, 11) is 1.63. The highest BCUT2D eigenvalue weighted by molar-refractivity contribution is 8.15. The monoisotopic (exact) mass is 387 g/mol. The van der Waals surface area contributed by atoms with Crippen LogP contribution in [0, 0.1) is 0 Å². The van der Waals surface area contributed by atoms with E-state index in [0.29, 0.717) is 16.7 Å². The molecule has 1 saturated heterocycles. The van der Waals surface area contributed by atoms with Crippen molar-refractivity contribution in [2.75, 3.05) is 7.11 Å². The molecule has 134 valence electrons. The minimum atomic E-state index is -0.169. The molecule has 0 bridgehead atoms. The normalized spacial score (nSPS) is 18.9. The standard InChI is InChI=1S/C19H18ClN3O2S/c1-13-18(24)23(12-15-5-9-17(25-2)10-6-15)19(26-13)22-21-11-14-3-7-16(20)8-4-14/h3-11,13H,12H2,1-2H3/b21-11+,22-19-. The molecular weight excluding hydrogens is 370 g/mol. The summed E-state index contributed by atoms with van der Waals surface area (Å²) in [5, 5.41) is 9.48. The molecule has 7 heteroatoms. The van der Waals surface area contributed by atoms with Gasteiger partial charge in [-0.25, -0.2) is 0 Å². The van der Waals surface area contributed by atoms with Crippen molar-refractivity contribution in [2.45, 2.75) is 18.7 Å². The Hall–Kier alpha value is -2.31. The maximum atomic E-state index is 12.4. The van der Waals surface area contributed by atoms with Gasteiger partial charge in [0.15, 0.2) is 5.17 Å². The van der Waals surface area contributed by atoms with Gasteiger partial charge in [-0.1, -0.05) is 47.6 Å². The summed E-state index contributed by atoms with van der Waals surface area (Å²) in [4.78, 5) is 14.1. The zero-order valence-corrected chi connectivity index (χ0v) is 16.0. The molecule has 0 N–H and O–H groups in total. The summed E-state index contributed by atoms with van der Waals surface area (Å²) >= 11 is 7.28. The molecule has 0 radical (unpaired) electrons. The van der Waals surface area contributed by atoms with Crippen LogP contribution < -0.4 is 4.74 Å². The molecule has 1 unspecified atom stereocenters. The van der Waals surface area contributed by atoms with Crippen LogP contribution in [0.5, 0.6) is 5.75 Å². The number of carbonyl (C=O) groups is 1. The Kier molecular flexibility index (Phi) is 5.96. The molecule has 2 aromatic carbocycles. The lowest BCUT2D eigenvalue weighted by Gasteiger charge is -2.15. The lowest BCUT2D eigenvalue weighted by atomic mass is 10.2. The molecule has 1 amide bonds. The van der Waals surface area contributed by atoms with Crippen molar-refractivity contribution >= 4 is 40.7 Å². The first-order chi connectivity index (χ1) is 12.6. The van der Waals surface area contributed by atoms with E-state index in [1.54, 1.807) is 30.4 Å². The van der Waals surface area contributed by atoms with E-state index in [2.05, 4.69) is 10.2 Å². The van der Waals surface area contributed by atoms with Crippen LogP contribution in [0.3, 0.4) is 0 Å². The minimum Gasteiger partial charge on any atom is -0.497 e. The number of amidine groups is 1. The largest absolute Gasteiger partial charge is 0.497 e. The highest BCUT2D eigenvalue weighted by atomic mass is 35.5. The van der Waals surface area contributed by atoms with E-state index in [9.17, 15) is 4.79 Å². The first-order valence-electron chi connectivity index (χ1n) is 8.04. The predicted molar refractivity (Wildman–Crippen MR) is 107 cm³/mol. The number of hydrogen-bond acceptors (Lipinski definition) is 5. The molecule has 0 saturated carbocycles. The van der Waals surface area contributed by atoms with Gasteiger partial charge in [0.1, 0.15) is 5.75 Å². The second-order valence-electron chi connectivity index (χ2n) is 5.71. The topological polar surface area (TPSA) is 54.3 Å². The molecule has 0 aromatic heterocycles. The zero-order chi connectivity index (χ0) is 18.5. The fourth-order valence-corrected chi connectivity index (χ4v) is 3.46. The smallest absolute Gasteiger partial charge is 0.242 e. The van der Waals surface area contributed by atoms with E-state index >= 15 is 0 Å². The van der Waals surface area contributed by atoms with Crippen LogP contribution in [0.2, 0.25) is 5.02 Å². The highest BCUT2D eigenvalue weighted by Gasteiger charge is 2.35. The van der Waals surface area contributed by atoms with Crippen LogP contribution in [0.15, 0.2) is 58.7 Å². The van der Waals surface area contributed by atoms with Crippen LogP contribution in [0.4, 0.5) is 0 Å². The Balaban J connectivity index is 1.75. The van der Waals surface area contributed by atoms with Crippen molar-refractivity contribution in [3.63, 3.8) is 0 Å². The van der Waals surface area contributed by atoms with E-state index < -0.39 is 0 Å². The van der Waals surface area contributed by atoms with Gasteiger partial charge in [0.25, 0.3) is 0 Å². The van der Waals surface area contributed by atoms with Crippen LogP contribution in [-0.4, -0.2) is 34.5 Å². The number of nitrogens with zero attached hydrogens (tertiary/aromatic N) is 3. The summed E-state index contributed by atoms with van der Waals surface area (Å²) in [5.74, 6) is 0.817. The molecule has 2 aromatic rings. The van der Waals surface area contributed by atoms with Crippen LogP contribution in [-0.2, 0) is 11.3 Å². The van der Waals surface area contributed by atoms with Gasteiger partial charge in [-0.2, -0.15) is 5.10 Å². The molecule has 1 atom stereocenters. The molecule has 1 aliphatic rings. The number of methoxy groups -OCH3 is 1. The number of halogens is 1. The Labute approximate surface area is 161 Å². The Bertz CT molecular complexity index is 835. The van der Waals surface area contributed by atoms with Gasteiger partial charge >= 0.3 is 0 Å². The van der Waals surface area contributed by atoms with E-state index in [4.69, 9.17) is 16.3 Å². The van der Waals surface area contributed by atoms with Gasteiger partial charge in [0.2, 0.25) is 5.91 Å². The molecule has 3 rings (SSSR count). The lowest BCUT2D eigenvalue weighted by molar-refractivity contribution is -0.126. The van der Waals surface area contributed by atoms with Crippen molar-refractivity contribution in [3.05, 3.63) is 64.7 Å². The van der Waals surface area contributed by atoms with E-state index in [1.807, 2.05) is 43.3 Å². The average Bonchev–Trinajstić information content (AvgIpc) is 2.92. The minimum absolute atomic E-state index is 0.0336. The maximum Gasteiger partial charge on any atom is 0.242 e. The fraction of sp³-hybridized carbons (Fsp3) is 0.211. The third-order valence-electron chi connectivity index (χ3n) is 3.85. The third kappa shape index (κ3) is 4.45. The first kappa shape index (κ1) is 18.5. The van der Waals surface area contributed by atoms with Crippen molar-refractivity contribution in [1.82, 2.24) is 4.90 Å². The summed E-state index contributed by atoms with van der Waals surface area (Å²) in [6.45, 7) is 2.33. The summed E-state index contributed by atoms with van der Waals surface area (Å²) in [6.07, 6.45) is 1.64. The van der Waals surface area contributed by atoms with Crippen molar-refractivity contribution < 1.29 is 9.53 Å². The highest BCUT2D eigenvalue weighted by Crippen LogP contribution is 2.28. The van der Waals surface area contributed by atoms with E-state index in [-0.39, 0.29) is 11.2 Å². The van der Waals surface area contributed by atoms with Gasteiger partial charge in [-0.05, 0) is 42.3 Å². The predicted octanol–water partition coefficient (Wildman–Crippen LogP) is 4.20. The molecule has 5 nitrogen and oxygen atoms in total. The van der Waals surface area contributed by atoms with Crippen molar-refractivity contribution in [2.24, 2.45) is 10.2 Å². The molecule has 26 heavy (non-hydrogen) atoms. The second-order valence-corrected chi connectivity index (χ2v) is 7.46. The molecule has 0 aliphatic carbocycles. The van der Waals surface area contributed by atoms with Gasteiger partial charge in [0, 0.05) is 5.02 Å². The first-order valence-corrected chi connectivity index (χ1v) is 9.30. The number of rotatable bonds is 5. The SMILES string of the molecule is COc1ccc(CN2C(=O)C(C)S/C2=N\N=C\c2ccc(Cl)cc2)cc1. The lowest BCUT2D eigenvalue weighted by Crippen LogP contribution is -2.30. The number of ether oxygens (including phenoxy) is 1. The Morgan fingerprint density at radius 1 is 1.19 bits per heavy atom. The summed E-state index contributed by atoms with van der Waals surface area (Å²) < 4.78 is 5.17. The fourth-order valence-electron chi connectivity index (χ4n) is 2.42. The second kappa shape index (κ2) is 8.38. The molecule has 1 heterocycles. The molecule has 1 fully saturated rings. The van der Waals surface area contributed by atoms with E-state index in [1.165, 1.54) is 11.8 Å². The van der Waals surface area contributed by atoms with Crippen molar-refractivity contribution in [3.8, 4) is 5.75 Å². The van der Waals surface area contributed by atoms with Gasteiger partial charge < -0.3 is 4.74 Å². The van der Waals surface area contributed by atoms with Crippen molar-refractivity contribution in [1.29, 1.82) is 0 Å².